The van der Waals surface area contributed by atoms with E-state index in [1.54, 1.807) is 24.3 Å². The van der Waals surface area contributed by atoms with Crippen molar-refractivity contribution in [3.63, 3.8) is 0 Å². The molecule has 0 aliphatic rings. The average molecular weight is 369 g/mol. The Morgan fingerprint density at radius 3 is 2.11 bits per heavy atom. The van der Waals surface area contributed by atoms with Gasteiger partial charge >= 0.3 is 0 Å². The molecular formula is C21H27N3O3. The van der Waals surface area contributed by atoms with E-state index in [4.69, 9.17) is 4.74 Å². The summed E-state index contributed by atoms with van der Waals surface area (Å²) < 4.78 is 5.73. The molecule has 2 aromatic carbocycles. The van der Waals surface area contributed by atoms with Crippen LogP contribution in [0.4, 0.5) is 11.4 Å². The van der Waals surface area contributed by atoms with E-state index in [1.165, 1.54) is 12.5 Å². The minimum absolute atomic E-state index is 0.0838. The number of ether oxygens (including phenoxy) is 1. The number of nitrogens with zero attached hydrogens (tertiary/aromatic N) is 1. The number of carbonyl (C=O) groups is 2. The maximum Gasteiger partial charge on any atom is 0.238 e. The summed E-state index contributed by atoms with van der Waals surface area (Å²) in [5, 5.41) is 5.56. The lowest BCUT2D eigenvalue weighted by Crippen LogP contribution is -2.35. The van der Waals surface area contributed by atoms with Crippen molar-refractivity contribution in [2.24, 2.45) is 0 Å². The molecule has 2 aromatic rings. The fourth-order valence-electron chi connectivity index (χ4n) is 2.52. The molecule has 0 aliphatic heterocycles. The molecule has 0 saturated carbocycles. The highest BCUT2D eigenvalue weighted by atomic mass is 16.5. The summed E-state index contributed by atoms with van der Waals surface area (Å²) in [7, 11) is 0. The van der Waals surface area contributed by atoms with Gasteiger partial charge in [0.1, 0.15) is 12.4 Å². The van der Waals surface area contributed by atoms with Crippen molar-refractivity contribution in [2.75, 3.05) is 36.9 Å². The highest BCUT2D eigenvalue weighted by Crippen LogP contribution is 2.14. The van der Waals surface area contributed by atoms with Gasteiger partial charge in [-0.15, -0.1) is 0 Å². The number of carbonyl (C=O) groups excluding carboxylic acids is 2. The Morgan fingerprint density at radius 2 is 1.56 bits per heavy atom. The van der Waals surface area contributed by atoms with E-state index in [1.807, 2.05) is 43.0 Å². The predicted octanol–water partition coefficient (Wildman–Crippen LogP) is 3.29. The molecule has 0 fully saturated rings. The minimum atomic E-state index is -0.127. The van der Waals surface area contributed by atoms with Crippen LogP contribution in [0, 0.1) is 6.92 Å². The highest BCUT2D eigenvalue weighted by Gasteiger charge is 2.10. The van der Waals surface area contributed by atoms with Crippen molar-refractivity contribution in [3.05, 3.63) is 54.1 Å². The monoisotopic (exact) mass is 369 g/mol. The maximum absolute atomic E-state index is 12.3. The van der Waals surface area contributed by atoms with E-state index < -0.39 is 0 Å². The van der Waals surface area contributed by atoms with Crippen molar-refractivity contribution in [2.45, 2.75) is 20.8 Å². The number of benzene rings is 2. The first-order valence-corrected chi connectivity index (χ1v) is 9.05. The Kier molecular flexibility index (Phi) is 7.82. The topological polar surface area (TPSA) is 70.7 Å². The second kappa shape index (κ2) is 10.3. The van der Waals surface area contributed by atoms with Crippen LogP contribution in [0.25, 0.3) is 0 Å². The summed E-state index contributed by atoms with van der Waals surface area (Å²) in [5.74, 6) is 0.623. The third-order valence-electron chi connectivity index (χ3n) is 4.00. The Hall–Kier alpha value is -2.86. The van der Waals surface area contributed by atoms with Crippen LogP contribution >= 0.6 is 0 Å². The van der Waals surface area contributed by atoms with Gasteiger partial charge in [0.05, 0.1) is 6.54 Å². The van der Waals surface area contributed by atoms with Gasteiger partial charge in [-0.3, -0.25) is 14.5 Å². The molecule has 0 bridgehead atoms. The Balaban J connectivity index is 1.76. The second-order valence-electron chi connectivity index (χ2n) is 6.34. The molecule has 0 atom stereocenters. The summed E-state index contributed by atoms with van der Waals surface area (Å²) in [6.45, 7) is 7.75. The van der Waals surface area contributed by atoms with Crippen molar-refractivity contribution in [3.8, 4) is 5.75 Å². The van der Waals surface area contributed by atoms with Crippen molar-refractivity contribution >= 4 is 23.2 Å². The summed E-state index contributed by atoms with van der Waals surface area (Å²) in [5.41, 5.74) is 2.59. The first-order valence-electron chi connectivity index (χ1n) is 9.05. The molecule has 0 aromatic heterocycles. The molecule has 0 heterocycles. The van der Waals surface area contributed by atoms with E-state index in [9.17, 15) is 9.59 Å². The second-order valence-corrected chi connectivity index (χ2v) is 6.34. The lowest BCUT2D eigenvalue weighted by atomic mass is 10.2. The van der Waals surface area contributed by atoms with Crippen LogP contribution in [0.5, 0.6) is 5.75 Å². The van der Waals surface area contributed by atoms with Crippen LogP contribution in [0.2, 0.25) is 0 Å². The first-order chi connectivity index (χ1) is 13.0. The van der Waals surface area contributed by atoms with Gasteiger partial charge < -0.3 is 15.4 Å². The predicted molar refractivity (Wildman–Crippen MR) is 108 cm³/mol. The molecule has 144 valence electrons. The number of hydrogen-bond acceptors (Lipinski definition) is 4. The van der Waals surface area contributed by atoms with Gasteiger partial charge in [-0.05, 0) is 49.9 Å². The SMILES string of the molecule is CCN(CCOc1ccc(C)cc1)CC(=O)Nc1ccc(NC(C)=O)cc1. The van der Waals surface area contributed by atoms with Crippen LogP contribution in [-0.4, -0.2) is 43.0 Å². The van der Waals surface area contributed by atoms with Gasteiger partial charge in [-0.2, -0.15) is 0 Å². The zero-order chi connectivity index (χ0) is 19.6. The number of amides is 2. The minimum Gasteiger partial charge on any atom is -0.492 e. The van der Waals surface area contributed by atoms with Gasteiger partial charge in [0.25, 0.3) is 0 Å². The quantitative estimate of drug-likeness (QED) is 0.712. The molecule has 2 amide bonds. The van der Waals surface area contributed by atoms with Crippen molar-refractivity contribution < 1.29 is 14.3 Å². The van der Waals surface area contributed by atoms with Crippen molar-refractivity contribution in [1.82, 2.24) is 4.90 Å². The largest absolute Gasteiger partial charge is 0.492 e. The highest BCUT2D eigenvalue weighted by molar-refractivity contribution is 5.93. The lowest BCUT2D eigenvalue weighted by Gasteiger charge is -2.20. The van der Waals surface area contributed by atoms with Crippen molar-refractivity contribution in [1.29, 1.82) is 0 Å². The molecule has 0 radical (unpaired) electrons. The van der Waals surface area contributed by atoms with Gasteiger partial charge in [0, 0.05) is 24.8 Å². The van der Waals surface area contributed by atoms with Gasteiger partial charge in [-0.25, -0.2) is 0 Å². The lowest BCUT2D eigenvalue weighted by molar-refractivity contribution is -0.117. The number of nitrogens with one attached hydrogen (secondary N) is 2. The summed E-state index contributed by atoms with van der Waals surface area (Å²) >= 11 is 0. The maximum atomic E-state index is 12.3. The number of rotatable bonds is 9. The molecule has 2 N–H and O–H groups in total. The summed E-state index contributed by atoms with van der Waals surface area (Å²) in [6, 6.07) is 15.0. The first kappa shape index (κ1) is 20.5. The molecule has 6 nitrogen and oxygen atoms in total. The molecule has 0 spiro atoms. The third-order valence-corrected chi connectivity index (χ3v) is 4.00. The Bertz CT molecular complexity index is 742. The van der Waals surface area contributed by atoms with Gasteiger partial charge in [0.2, 0.25) is 11.8 Å². The Labute approximate surface area is 160 Å². The zero-order valence-corrected chi connectivity index (χ0v) is 16.1. The number of hydrogen-bond donors (Lipinski definition) is 2. The molecule has 0 saturated heterocycles. The van der Waals surface area contributed by atoms with Crippen LogP contribution in [0.3, 0.4) is 0 Å². The van der Waals surface area contributed by atoms with E-state index in [-0.39, 0.29) is 11.8 Å². The average Bonchev–Trinajstić information content (AvgIpc) is 2.63. The molecule has 0 aliphatic carbocycles. The number of anilines is 2. The fraction of sp³-hybridized carbons (Fsp3) is 0.333. The fourth-order valence-corrected chi connectivity index (χ4v) is 2.52. The standard InChI is InChI=1S/C21H27N3O3/c1-4-24(13-14-27-20-11-5-16(2)6-12-20)15-21(26)23-19-9-7-18(8-10-19)22-17(3)25/h5-12H,4,13-15H2,1-3H3,(H,22,25)(H,23,26). The van der Waals surface area contributed by atoms with Crippen LogP contribution < -0.4 is 15.4 Å². The molecule has 2 rings (SSSR count). The van der Waals surface area contributed by atoms with E-state index in [0.29, 0.717) is 31.1 Å². The van der Waals surface area contributed by atoms with E-state index in [2.05, 4.69) is 10.6 Å². The number of likely N-dealkylation sites (N-methyl/N-ethyl adjacent to an activating group) is 1. The van der Waals surface area contributed by atoms with E-state index in [0.717, 1.165) is 12.3 Å². The van der Waals surface area contributed by atoms with Crippen LogP contribution in [0.1, 0.15) is 19.4 Å². The van der Waals surface area contributed by atoms with Crippen LogP contribution in [-0.2, 0) is 9.59 Å². The summed E-state index contributed by atoms with van der Waals surface area (Å²) in [6.07, 6.45) is 0. The summed E-state index contributed by atoms with van der Waals surface area (Å²) in [4.78, 5) is 25.3. The third kappa shape index (κ3) is 7.50. The molecule has 6 heteroatoms. The van der Waals surface area contributed by atoms with Crippen LogP contribution in [0.15, 0.2) is 48.5 Å². The van der Waals surface area contributed by atoms with Gasteiger partial charge in [-0.1, -0.05) is 24.6 Å². The molecule has 0 unspecified atom stereocenters. The van der Waals surface area contributed by atoms with E-state index >= 15 is 0 Å². The molecular weight excluding hydrogens is 342 g/mol. The zero-order valence-electron chi connectivity index (χ0n) is 16.1. The molecule has 27 heavy (non-hydrogen) atoms. The number of aryl methyl sites for hydroxylation is 1. The van der Waals surface area contributed by atoms with Gasteiger partial charge in [0.15, 0.2) is 0 Å². The normalized spacial score (nSPS) is 10.5. The Morgan fingerprint density at radius 1 is 0.963 bits per heavy atom. The smallest absolute Gasteiger partial charge is 0.238 e.